The first kappa shape index (κ1) is 13.5. The van der Waals surface area contributed by atoms with Gasteiger partial charge in [-0.05, 0) is 56.6 Å². The Kier molecular flexibility index (Phi) is 3.39. The zero-order chi connectivity index (χ0) is 14.9. The predicted molar refractivity (Wildman–Crippen MR) is 88.8 cm³/mol. The molecule has 1 aliphatic heterocycles. The van der Waals surface area contributed by atoms with E-state index in [0.29, 0.717) is 6.04 Å². The lowest BCUT2D eigenvalue weighted by atomic mass is 10.0. The van der Waals surface area contributed by atoms with Gasteiger partial charge in [0.05, 0.1) is 17.8 Å². The van der Waals surface area contributed by atoms with Crippen molar-refractivity contribution in [3.63, 3.8) is 0 Å². The van der Waals surface area contributed by atoms with E-state index in [1.807, 2.05) is 18.5 Å². The second kappa shape index (κ2) is 5.54. The summed E-state index contributed by atoms with van der Waals surface area (Å²) in [6.45, 7) is 4.22. The van der Waals surface area contributed by atoms with Crippen molar-refractivity contribution < 1.29 is 0 Å². The molecular formula is C18H20N4. The SMILES string of the molecule is Cc1ncccc1-c1ccc2c(cnn2C2CCNCC2)c1. The van der Waals surface area contributed by atoms with Gasteiger partial charge in [-0.3, -0.25) is 9.67 Å². The van der Waals surface area contributed by atoms with E-state index in [2.05, 4.69) is 51.3 Å². The van der Waals surface area contributed by atoms with E-state index in [0.717, 1.165) is 31.6 Å². The highest BCUT2D eigenvalue weighted by Gasteiger charge is 2.17. The van der Waals surface area contributed by atoms with E-state index in [-0.39, 0.29) is 0 Å². The van der Waals surface area contributed by atoms with Gasteiger partial charge in [-0.2, -0.15) is 5.10 Å². The number of piperidine rings is 1. The fourth-order valence-corrected chi connectivity index (χ4v) is 3.35. The fourth-order valence-electron chi connectivity index (χ4n) is 3.35. The summed E-state index contributed by atoms with van der Waals surface area (Å²) >= 11 is 0. The van der Waals surface area contributed by atoms with Crippen LogP contribution in [0.4, 0.5) is 0 Å². The number of fused-ring (bicyclic) bond motifs is 1. The van der Waals surface area contributed by atoms with Crippen LogP contribution in [0.5, 0.6) is 0 Å². The second-order valence-electron chi connectivity index (χ2n) is 5.98. The summed E-state index contributed by atoms with van der Waals surface area (Å²) in [5.41, 5.74) is 4.70. The smallest absolute Gasteiger partial charge is 0.0686 e. The molecule has 0 atom stereocenters. The molecule has 4 heteroatoms. The summed E-state index contributed by atoms with van der Waals surface area (Å²) in [5.74, 6) is 0. The first-order chi connectivity index (χ1) is 10.8. The Morgan fingerprint density at radius 2 is 2.05 bits per heavy atom. The molecule has 1 saturated heterocycles. The van der Waals surface area contributed by atoms with Gasteiger partial charge in [-0.15, -0.1) is 0 Å². The van der Waals surface area contributed by atoms with Crippen molar-refractivity contribution in [1.82, 2.24) is 20.1 Å². The average molecular weight is 292 g/mol. The Balaban J connectivity index is 1.75. The maximum absolute atomic E-state index is 4.65. The van der Waals surface area contributed by atoms with Crippen LogP contribution < -0.4 is 5.32 Å². The van der Waals surface area contributed by atoms with Gasteiger partial charge in [0, 0.05) is 22.8 Å². The van der Waals surface area contributed by atoms with Crippen LogP contribution in [-0.2, 0) is 0 Å². The summed E-state index contributed by atoms with van der Waals surface area (Å²) in [7, 11) is 0. The highest BCUT2D eigenvalue weighted by atomic mass is 15.3. The van der Waals surface area contributed by atoms with Gasteiger partial charge >= 0.3 is 0 Å². The topological polar surface area (TPSA) is 42.7 Å². The molecule has 0 radical (unpaired) electrons. The molecule has 22 heavy (non-hydrogen) atoms. The molecule has 1 aromatic carbocycles. The molecule has 2 aromatic heterocycles. The van der Waals surface area contributed by atoms with Crippen LogP contribution in [0.3, 0.4) is 0 Å². The molecule has 1 aliphatic rings. The molecule has 4 rings (SSSR count). The molecule has 112 valence electrons. The number of pyridine rings is 1. The molecule has 0 spiro atoms. The summed E-state index contributed by atoms with van der Waals surface area (Å²) in [6.07, 6.45) is 6.14. The van der Waals surface area contributed by atoms with Crippen LogP contribution in [-0.4, -0.2) is 27.9 Å². The Bertz CT molecular complexity index is 800. The normalized spacial score (nSPS) is 16.2. The summed E-state index contributed by atoms with van der Waals surface area (Å²) in [4.78, 5) is 4.39. The third kappa shape index (κ3) is 2.29. The molecule has 0 saturated carbocycles. The van der Waals surface area contributed by atoms with Crippen molar-refractivity contribution in [3.05, 3.63) is 48.4 Å². The predicted octanol–water partition coefficient (Wildman–Crippen LogP) is 3.33. The first-order valence-corrected chi connectivity index (χ1v) is 7.93. The number of nitrogens with zero attached hydrogens (tertiary/aromatic N) is 3. The Hall–Kier alpha value is -2.20. The van der Waals surface area contributed by atoms with Gasteiger partial charge in [0.1, 0.15) is 0 Å². The molecule has 3 heterocycles. The van der Waals surface area contributed by atoms with Crippen LogP contribution in [0.1, 0.15) is 24.6 Å². The van der Waals surface area contributed by atoms with E-state index in [1.165, 1.54) is 22.0 Å². The molecule has 1 fully saturated rings. The van der Waals surface area contributed by atoms with Crippen molar-refractivity contribution in [1.29, 1.82) is 0 Å². The maximum Gasteiger partial charge on any atom is 0.0686 e. The zero-order valence-electron chi connectivity index (χ0n) is 12.8. The third-order valence-corrected chi connectivity index (χ3v) is 4.57. The van der Waals surface area contributed by atoms with Crippen molar-refractivity contribution in [2.75, 3.05) is 13.1 Å². The molecule has 1 N–H and O–H groups in total. The van der Waals surface area contributed by atoms with Crippen LogP contribution >= 0.6 is 0 Å². The molecule has 3 aromatic rings. The number of hydrogen-bond acceptors (Lipinski definition) is 3. The van der Waals surface area contributed by atoms with Gasteiger partial charge in [0.2, 0.25) is 0 Å². The number of aryl methyl sites for hydroxylation is 1. The minimum absolute atomic E-state index is 0.518. The highest BCUT2D eigenvalue weighted by molar-refractivity contribution is 5.85. The standard InChI is InChI=1S/C18H20N4/c1-13-17(3-2-8-20-13)14-4-5-18-15(11-14)12-21-22(18)16-6-9-19-10-7-16/h2-5,8,11-12,16,19H,6-7,9-10H2,1H3. The molecule has 0 unspecified atom stereocenters. The first-order valence-electron chi connectivity index (χ1n) is 7.93. The van der Waals surface area contributed by atoms with Crippen molar-refractivity contribution >= 4 is 10.9 Å². The fraction of sp³-hybridized carbons (Fsp3) is 0.333. The quantitative estimate of drug-likeness (QED) is 0.788. The molecule has 0 bridgehead atoms. The lowest BCUT2D eigenvalue weighted by Gasteiger charge is -2.23. The Morgan fingerprint density at radius 1 is 1.18 bits per heavy atom. The molecule has 0 amide bonds. The minimum atomic E-state index is 0.518. The number of aromatic nitrogens is 3. The average Bonchev–Trinajstić information content (AvgIpc) is 2.99. The summed E-state index contributed by atoms with van der Waals surface area (Å²) in [5, 5.41) is 9.27. The molecule has 4 nitrogen and oxygen atoms in total. The minimum Gasteiger partial charge on any atom is -0.317 e. The lowest BCUT2D eigenvalue weighted by molar-refractivity contribution is 0.351. The molecule has 0 aliphatic carbocycles. The second-order valence-corrected chi connectivity index (χ2v) is 5.98. The van der Waals surface area contributed by atoms with Crippen LogP contribution in [0, 0.1) is 6.92 Å². The van der Waals surface area contributed by atoms with E-state index >= 15 is 0 Å². The Morgan fingerprint density at radius 3 is 2.86 bits per heavy atom. The third-order valence-electron chi connectivity index (χ3n) is 4.57. The number of benzene rings is 1. The Labute approximate surface area is 130 Å². The van der Waals surface area contributed by atoms with Crippen LogP contribution in [0.15, 0.2) is 42.7 Å². The largest absolute Gasteiger partial charge is 0.317 e. The van der Waals surface area contributed by atoms with E-state index < -0.39 is 0 Å². The highest BCUT2D eigenvalue weighted by Crippen LogP contribution is 2.28. The van der Waals surface area contributed by atoms with E-state index in [4.69, 9.17) is 0 Å². The van der Waals surface area contributed by atoms with Gasteiger partial charge in [-0.1, -0.05) is 12.1 Å². The lowest BCUT2D eigenvalue weighted by Crippen LogP contribution is -2.29. The van der Waals surface area contributed by atoms with Gasteiger partial charge in [-0.25, -0.2) is 0 Å². The van der Waals surface area contributed by atoms with Crippen molar-refractivity contribution in [3.8, 4) is 11.1 Å². The van der Waals surface area contributed by atoms with Crippen molar-refractivity contribution in [2.45, 2.75) is 25.8 Å². The number of hydrogen-bond donors (Lipinski definition) is 1. The van der Waals surface area contributed by atoms with Crippen LogP contribution in [0.2, 0.25) is 0 Å². The van der Waals surface area contributed by atoms with Gasteiger partial charge < -0.3 is 5.32 Å². The number of nitrogens with one attached hydrogen (secondary N) is 1. The van der Waals surface area contributed by atoms with E-state index in [9.17, 15) is 0 Å². The monoisotopic (exact) mass is 292 g/mol. The van der Waals surface area contributed by atoms with Gasteiger partial charge in [0.15, 0.2) is 0 Å². The molecular weight excluding hydrogens is 272 g/mol. The zero-order valence-corrected chi connectivity index (χ0v) is 12.8. The maximum atomic E-state index is 4.65. The summed E-state index contributed by atoms with van der Waals surface area (Å²) < 4.78 is 2.20. The van der Waals surface area contributed by atoms with E-state index in [1.54, 1.807) is 0 Å². The van der Waals surface area contributed by atoms with Crippen LogP contribution in [0.25, 0.3) is 22.0 Å². The summed E-state index contributed by atoms with van der Waals surface area (Å²) in [6, 6.07) is 11.2. The van der Waals surface area contributed by atoms with Gasteiger partial charge in [0.25, 0.3) is 0 Å². The van der Waals surface area contributed by atoms with Crippen molar-refractivity contribution in [2.24, 2.45) is 0 Å². The number of rotatable bonds is 2.